The fourth-order valence-electron chi connectivity index (χ4n) is 3.34. The van der Waals surface area contributed by atoms with E-state index in [9.17, 15) is 5.11 Å². The molecule has 3 nitrogen and oxygen atoms in total. The molecule has 1 heterocycles. The Bertz CT molecular complexity index is 459. The van der Waals surface area contributed by atoms with Crippen LogP contribution in [0, 0.1) is 11.8 Å². The minimum absolute atomic E-state index is 0.549. The van der Waals surface area contributed by atoms with Gasteiger partial charge < -0.3 is 5.11 Å². The van der Waals surface area contributed by atoms with Crippen molar-refractivity contribution in [3.05, 3.63) is 15.9 Å². The number of rotatable bonds is 4. The molecule has 0 aliphatic heterocycles. The third-order valence-electron chi connectivity index (χ3n) is 4.90. The highest BCUT2D eigenvalue weighted by molar-refractivity contribution is 9.10. The lowest BCUT2D eigenvalue weighted by molar-refractivity contribution is -0.0161. The lowest BCUT2D eigenvalue weighted by atomic mass is 9.73. The van der Waals surface area contributed by atoms with Crippen LogP contribution < -0.4 is 0 Å². The van der Waals surface area contributed by atoms with Gasteiger partial charge in [0.05, 0.1) is 21.5 Å². The average Bonchev–Trinajstić information content (AvgIpc) is 2.66. The molecular formula is C16H27BrN2O. The minimum Gasteiger partial charge on any atom is -0.389 e. The van der Waals surface area contributed by atoms with Gasteiger partial charge in [0.2, 0.25) is 0 Å². The lowest BCUT2D eigenvalue weighted by Gasteiger charge is -2.37. The van der Waals surface area contributed by atoms with Crippen molar-refractivity contribution >= 4 is 15.9 Å². The smallest absolute Gasteiger partial charge is 0.0766 e. The van der Waals surface area contributed by atoms with Crippen molar-refractivity contribution in [1.82, 2.24) is 9.78 Å². The number of halogens is 1. The van der Waals surface area contributed by atoms with E-state index >= 15 is 0 Å². The largest absolute Gasteiger partial charge is 0.389 e. The van der Waals surface area contributed by atoms with Crippen LogP contribution in [0.5, 0.6) is 0 Å². The second kappa shape index (κ2) is 6.18. The molecule has 1 saturated carbocycles. The normalized spacial score (nSPS) is 27.2. The van der Waals surface area contributed by atoms with E-state index in [0.29, 0.717) is 6.42 Å². The first-order valence-corrected chi connectivity index (χ1v) is 8.58. The summed E-state index contributed by atoms with van der Waals surface area (Å²) in [4.78, 5) is 0. The van der Waals surface area contributed by atoms with Crippen molar-refractivity contribution in [2.45, 2.75) is 64.9 Å². The van der Waals surface area contributed by atoms with E-state index in [1.165, 1.54) is 0 Å². The van der Waals surface area contributed by atoms with Gasteiger partial charge in [0.15, 0.2) is 0 Å². The molecule has 0 saturated heterocycles. The molecule has 20 heavy (non-hydrogen) atoms. The molecule has 0 bridgehead atoms. The highest BCUT2D eigenvalue weighted by Crippen LogP contribution is 2.38. The van der Waals surface area contributed by atoms with Crippen molar-refractivity contribution in [2.75, 3.05) is 0 Å². The Morgan fingerprint density at radius 3 is 2.45 bits per heavy atom. The number of hydrogen-bond donors (Lipinski definition) is 1. The number of nitrogens with zero attached hydrogens (tertiary/aromatic N) is 2. The van der Waals surface area contributed by atoms with Crippen LogP contribution in [0.4, 0.5) is 0 Å². The molecule has 1 aliphatic carbocycles. The van der Waals surface area contributed by atoms with Crippen LogP contribution in [0.1, 0.15) is 57.8 Å². The van der Waals surface area contributed by atoms with Crippen LogP contribution >= 0.6 is 15.9 Å². The molecule has 1 aromatic rings. The van der Waals surface area contributed by atoms with Crippen LogP contribution in [0.2, 0.25) is 0 Å². The first kappa shape index (κ1) is 16.0. The van der Waals surface area contributed by atoms with E-state index in [1.54, 1.807) is 0 Å². The van der Waals surface area contributed by atoms with E-state index < -0.39 is 5.60 Å². The van der Waals surface area contributed by atoms with E-state index in [1.807, 2.05) is 11.7 Å². The third-order valence-corrected chi connectivity index (χ3v) is 5.82. The van der Waals surface area contributed by atoms with Crippen molar-refractivity contribution in [1.29, 1.82) is 0 Å². The summed E-state index contributed by atoms with van der Waals surface area (Å²) < 4.78 is 3.01. The second-order valence-electron chi connectivity index (χ2n) is 6.67. The quantitative estimate of drug-likeness (QED) is 0.901. The number of aryl methyl sites for hydroxylation is 2. The molecule has 1 aliphatic rings. The van der Waals surface area contributed by atoms with Gasteiger partial charge in [0.25, 0.3) is 0 Å². The van der Waals surface area contributed by atoms with Gasteiger partial charge >= 0.3 is 0 Å². The van der Waals surface area contributed by atoms with Gasteiger partial charge in [-0.05, 0) is 59.9 Å². The molecule has 2 rings (SSSR count). The molecule has 0 radical (unpaired) electrons. The maximum atomic E-state index is 10.9. The predicted octanol–water partition coefficient (Wildman–Crippen LogP) is 3.86. The van der Waals surface area contributed by atoms with Gasteiger partial charge in [-0.25, -0.2) is 0 Å². The Balaban J connectivity index is 2.09. The summed E-state index contributed by atoms with van der Waals surface area (Å²) >= 11 is 3.65. The molecule has 0 unspecified atom stereocenters. The van der Waals surface area contributed by atoms with Gasteiger partial charge in [0.1, 0.15) is 0 Å². The van der Waals surface area contributed by atoms with Crippen LogP contribution in [0.15, 0.2) is 4.47 Å². The SMILES string of the molecule is CCc1nn(C)c(CC2(O)CCC(C(C)C)CC2)c1Br. The van der Waals surface area contributed by atoms with Crippen molar-refractivity contribution < 1.29 is 5.11 Å². The van der Waals surface area contributed by atoms with Gasteiger partial charge in [-0.3, -0.25) is 4.68 Å². The molecule has 0 aromatic carbocycles. The molecule has 0 atom stereocenters. The average molecular weight is 343 g/mol. The predicted molar refractivity (Wildman–Crippen MR) is 85.7 cm³/mol. The maximum Gasteiger partial charge on any atom is 0.0766 e. The summed E-state index contributed by atoms with van der Waals surface area (Å²) in [7, 11) is 1.97. The van der Waals surface area contributed by atoms with Crippen molar-refractivity contribution in [2.24, 2.45) is 18.9 Å². The highest BCUT2D eigenvalue weighted by Gasteiger charge is 2.35. The summed E-state index contributed by atoms with van der Waals surface area (Å²) in [6.07, 6.45) is 5.74. The van der Waals surface area contributed by atoms with Gasteiger partial charge in [-0.1, -0.05) is 20.8 Å². The molecule has 0 spiro atoms. The molecule has 4 heteroatoms. The van der Waals surface area contributed by atoms with E-state index in [2.05, 4.69) is 41.8 Å². The Morgan fingerprint density at radius 1 is 1.40 bits per heavy atom. The van der Waals surface area contributed by atoms with E-state index in [-0.39, 0.29) is 0 Å². The maximum absolute atomic E-state index is 10.9. The van der Waals surface area contributed by atoms with Crippen LogP contribution in [-0.2, 0) is 19.9 Å². The second-order valence-corrected chi connectivity index (χ2v) is 7.46. The van der Waals surface area contributed by atoms with Crippen LogP contribution in [0.25, 0.3) is 0 Å². The fourth-order valence-corrected chi connectivity index (χ4v) is 4.10. The summed E-state index contributed by atoms with van der Waals surface area (Å²) in [5, 5.41) is 15.4. The molecule has 114 valence electrons. The van der Waals surface area contributed by atoms with E-state index in [4.69, 9.17) is 0 Å². The number of hydrogen-bond acceptors (Lipinski definition) is 2. The Hall–Kier alpha value is -0.350. The van der Waals surface area contributed by atoms with E-state index in [0.717, 1.165) is 59.8 Å². The van der Waals surface area contributed by atoms with Crippen LogP contribution in [0.3, 0.4) is 0 Å². The summed E-state index contributed by atoms with van der Waals surface area (Å²) in [5.74, 6) is 1.51. The zero-order valence-electron chi connectivity index (χ0n) is 13.1. The zero-order valence-corrected chi connectivity index (χ0v) is 14.7. The monoisotopic (exact) mass is 342 g/mol. The molecule has 0 amide bonds. The van der Waals surface area contributed by atoms with Crippen molar-refractivity contribution in [3.8, 4) is 0 Å². The standard InChI is InChI=1S/C16H27BrN2O/c1-5-13-15(17)14(19(4)18-13)10-16(20)8-6-12(7-9-16)11(2)3/h11-12,20H,5-10H2,1-4H3. The fraction of sp³-hybridized carbons (Fsp3) is 0.812. The van der Waals surface area contributed by atoms with Gasteiger partial charge in [-0.2, -0.15) is 5.10 Å². The van der Waals surface area contributed by atoms with Crippen LogP contribution in [-0.4, -0.2) is 20.5 Å². The topological polar surface area (TPSA) is 38.0 Å². The highest BCUT2D eigenvalue weighted by atomic mass is 79.9. The molecular weight excluding hydrogens is 316 g/mol. The Morgan fingerprint density at radius 2 is 2.00 bits per heavy atom. The Labute approximate surface area is 130 Å². The molecule has 1 N–H and O–H groups in total. The Kier molecular flexibility index (Phi) is 4.96. The number of aliphatic hydroxyl groups is 1. The zero-order chi connectivity index (χ0) is 14.9. The summed E-state index contributed by atoms with van der Waals surface area (Å²) in [6, 6.07) is 0. The number of aromatic nitrogens is 2. The molecule has 1 aromatic heterocycles. The first-order valence-electron chi connectivity index (χ1n) is 7.79. The lowest BCUT2D eigenvalue weighted by Crippen LogP contribution is -2.38. The summed E-state index contributed by atoms with van der Waals surface area (Å²) in [5.41, 5.74) is 1.67. The third kappa shape index (κ3) is 3.28. The minimum atomic E-state index is -0.549. The van der Waals surface area contributed by atoms with Crippen molar-refractivity contribution in [3.63, 3.8) is 0 Å². The first-order chi connectivity index (χ1) is 9.36. The van der Waals surface area contributed by atoms with Gasteiger partial charge in [0, 0.05) is 13.5 Å². The molecule has 1 fully saturated rings. The van der Waals surface area contributed by atoms with Gasteiger partial charge in [-0.15, -0.1) is 0 Å². The summed E-state index contributed by atoms with van der Waals surface area (Å²) in [6.45, 7) is 6.69.